The maximum atomic E-state index is 11.6. The van der Waals surface area contributed by atoms with E-state index >= 15 is 0 Å². The maximum Gasteiger partial charge on any atom is 0.305 e. The number of hydrogen-bond donors (Lipinski definition) is 1. The zero-order valence-corrected chi connectivity index (χ0v) is 21.4. The summed E-state index contributed by atoms with van der Waals surface area (Å²) in [6, 6.07) is 7.11. The Balaban J connectivity index is 1.92. The minimum atomic E-state index is -1.07. The molecule has 35 heavy (non-hydrogen) atoms. The van der Waals surface area contributed by atoms with E-state index in [1.165, 1.54) is 25.8 Å². The summed E-state index contributed by atoms with van der Waals surface area (Å²) in [6.07, 6.45) is 0.0944. The van der Waals surface area contributed by atoms with Crippen molar-refractivity contribution in [1.82, 2.24) is 0 Å². The molecule has 2 rings (SSSR count). The zero-order valence-electron chi connectivity index (χ0n) is 20.6. The molecule has 0 bridgehead atoms. The quantitative estimate of drug-likeness (QED) is 0.214. The number of hydrogen-bond acceptors (Lipinski definition) is 10. The van der Waals surface area contributed by atoms with Crippen molar-refractivity contribution < 1.29 is 43.1 Å². The van der Waals surface area contributed by atoms with Crippen molar-refractivity contribution in [3.05, 3.63) is 36.9 Å². The molecule has 1 aliphatic rings. The molecule has 1 N–H and O–H groups in total. The molecule has 0 spiro atoms. The highest BCUT2D eigenvalue weighted by Crippen LogP contribution is 2.33. The van der Waals surface area contributed by atoms with Crippen molar-refractivity contribution in [2.75, 3.05) is 32.7 Å². The van der Waals surface area contributed by atoms with E-state index in [1.807, 2.05) is 6.92 Å². The Bertz CT molecular complexity index is 786. The van der Waals surface area contributed by atoms with Gasteiger partial charge in [0.25, 0.3) is 0 Å². The molecule has 0 amide bonds. The molecule has 9 nitrogen and oxygen atoms in total. The third-order valence-corrected chi connectivity index (χ3v) is 6.21. The molecule has 0 saturated carbocycles. The Morgan fingerprint density at radius 1 is 1.14 bits per heavy atom. The van der Waals surface area contributed by atoms with Gasteiger partial charge in [-0.3, -0.25) is 9.59 Å². The topological polar surface area (TPSA) is 110 Å². The average molecular weight is 513 g/mol. The molecular weight excluding hydrogens is 476 g/mol. The third-order valence-electron chi connectivity index (χ3n) is 5.17. The fourth-order valence-electron chi connectivity index (χ4n) is 3.49. The fourth-order valence-corrected chi connectivity index (χ4v) is 4.44. The van der Waals surface area contributed by atoms with Crippen molar-refractivity contribution >= 4 is 23.7 Å². The van der Waals surface area contributed by atoms with Crippen LogP contribution in [0, 0.1) is 0 Å². The van der Waals surface area contributed by atoms with E-state index in [9.17, 15) is 14.7 Å². The summed E-state index contributed by atoms with van der Waals surface area (Å²) in [7, 11) is 1.38. The largest absolute Gasteiger partial charge is 0.494 e. The number of rotatable bonds is 15. The van der Waals surface area contributed by atoms with E-state index < -0.39 is 35.8 Å². The van der Waals surface area contributed by atoms with Crippen LogP contribution in [-0.2, 0) is 28.5 Å². The number of carbonyl (C=O) groups excluding carboxylic acids is 2. The number of aliphatic hydroxyl groups excluding tert-OH is 1. The highest BCUT2D eigenvalue weighted by atomic mass is 32.2. The van der Waals surface area contributed by atoms with E-state index in [1.54, 1.807) is 30.3 Å². The maximum absolute atomic E-state index is 11.6. The van der Waals surface area contributed by atoms with Crippen LogP contribution < -0.4 is 9.47 Å². The van der Waals surface area contributed by atoms with Crippen LogP contribution in [0.2, 0.25) is 0 Å². The molecule has 1 aromatic carbocycles. The van der Waals surface area contributed by atoms with Crippen molar-refractivity contribution in [1.29, 1.82) is 0 Å². The molecule has 1 saturated heterocycles. The summed E-state index contributed by atoms with van der Waals surface area (Å²) in [5.41, 5.74) is -0.509. The first-order valence-electron chi connectivity index (χ1n) is 11.7. The van der Waals surface area contributed by atoms with E-state index in [-0.39, 0.29) is 19.2 Å². The van der Waals surface area contributed by atoms with Gasteiger partial charge in [-0.1, -0.05) is 13.0 Å². The number of thioether (sulfide) groups is 1. The summed E-state index contributed by atoms with van der Waals surface area (Å²) in [4.78, 5) is 22.8. The summed E-state index contributed by atoms with van der Waals surface area (Å²) < 4.78 is 33.4. The summed E-state index contributed by atoms with van der Waals surface area (Å²) >= 11 is 1.47. The molecule has 10 heteroatoms. The van der Waals surface area contributed by atoms with Crippen LogP contribution in [0.4, 0.5) is 0 Å². The fraction of sp³-hybridized carbons (Fsp3) is 0.600. The molecule has 0 radical (unpaired) electrons. The number of benzene rings is 1. The molecule has 5 atom stereocenters. The monoisotopic (exact) mass is 512 g/mol. The lowest BCUT2D eigenvalue weighted by Gasteiger charge is -2.43. The summed E-state index contributed by atoms with van der Waals surface area (Å²) in [6.45, 7) is 7.70. The normalized spacial score (nSPS) is 23.8. The molecule has 1 heterocycles. The Morgan fingerprint density at radius 3 is 2.43 bits per heavy atom. The first-order chi connectivity index (χ1) is 16.9. The lowest BCUT2D eigenvalue weighted by Crippen LogP contribution is -2.60. The second-order valence-electron chi connectivity index (χ2n) is 7.81. The Morgan fingerprint density at radius 2 is 1.83 bits per heavy atom. The van der Waals surface area contributed by atoms with Gasteiger partial charge >= 0.3 is 11.9 Å². The van der Waals surface area contributed by atoms with Gasteiger partial charge < -0.3 is 33.5 Å². The number of esters is 2. The van der Waals surface area contributed by atoms with E-state index in [0.29, 0.717) is 30.9 Å². The number of ether oxygens (including phenoxy) is 6. The smallest absolute Gasteiger partial charge is 0.305 e. The van der Waals surface area contributed by atoms with Gasteiger partial charge in [-0.05, 0) is 42.9 Å². The van der Waals surface area contributed by atoms with Crippen molar-refractivity contribution in [2.24, 2.45) is 0 Å². The minimum Gasteiger partial charge on any atom is -0.494 e. The summed E-state index contributed by atoms with van der Waals surface area (Å²) in [5, 5.41) is 10.9. The molecule has 0 aliphatic carbocycles. The van der Waals surface area contributed by atoms with Crippen LogP contribution in [0.3, 0.4) is 0 Å². The van der Waals surface area contributed by atoms with Gasteiger partial charge in [-0.25, -0.2) is 0 Å². The predicted molar refractivity (Wildman–Crippen MR) is 132 cm³/mol. The Kier molecular flexibility index (Phi) is 13.0. The van der Waals surface area contributed by atoms with Gasteiger partial charge in [-0.2, -0.15) is 0 Å². The lowest BCUT2D eigenvalue weighted by molar-refractivity contribution is -0.226. The van der Waals surface area contributed by atoms with Crippen LogP contribution in [-0.4, -0.2) is 79.6 Å². The number of carbonyl (C=O) groups is 2. The van der Waals surface area contributed by atoms with Gasteiger partial charge in [0.05, 0.1) is 20.3 Å². The molecule has 196 valence electrons. The van der Waals surface area contributed by atoms with E-state index in [0.717, 1.165) is 12.2 Å². The number of methoxy groups -OCH3 is 1. The standard InChI is InChI=1S/C25H36O9S/c1-5-14-31-23-22(28)20(34-25(35-6-2)24(23)33-17(3)26)16-32-19-12-10-18(11-13-19)30-15-8-7-9-21(27)29-4/h5,10-13,20,22-25,28H,1,6-9,14-16H2,2-4H3/t20-,22+,23+,24-,25+/m1/s1. The molecular formula is C25H36O9S. The van der Waals surface area contributed by atoms with Crippen LogP contribution in [0.25, 0.3) is 0 Å². The average Bonchev–Trinajstić information content (AvgIpc) is 2.84. The Hall–Kier alpha value is -2.27. The first kappa shape index (κ1) is 29.0. The van der Waals surface area contributed by atoms with Gasteiger partial charge in [0, 0.05) is 13.3 Å². The summed E-state index contributed by atoms with van der Waals surface area (Å²) in [5.74, 6) is 1.30. The van der Waals surface area contributed by atoms with E-state index in [4.69, 9.17) is 23.7 Å². The van der Waals surface area contributed by atoms with Gasteiger partial charge in [0.15, 0.2) is 6.10 Å². The van der Waals surface area contributed by atoms with Crippen molar-refractivity contribution in [3.63, 3.8) is 0 Å². The van der Waals surface area contributed by atoms with Crippen LogP contribution in [0.5, 0.6) is 11.5 Å². The third kappa shape index (κ3) is 9.71. The van der Waals surface area contributed by atoms with E-state index in [2.05, 4.69) is 11.3 Å². The van der Waals surface area contributed by atoms with Crippen LogP contribution >= 0.6 is 11.8 Å². The van der Waals surface area contributed by atoms with Crippen LogP contribution in [0.15, 0.2) is 36.9 Å². The molecule has 1 fully saturated rings. The van der Waals surface area contributed by atoms with Gasteiger partial charge in [-0.15, -0.1) is 18.3 Å². The SMILES string of the molecule is C=CCO[C@H]1[C@@H](O)[C@@H](COc2ccc(OCCCCC(=O)OC)cc2)O[C@@H](SCC)[C@@H]1OC(C)=O. The Labute approximate surface area is 211 Å². The minimum absolute atomic E-state index is 0.0798. The molecule has 0 unspecified atom stereocenters. The van der Waals surface area contributed by atoms with Gasteiger partial charge in [0.2, 0.25) is 0 Å². The predicted octanol–water partition coefficient (Wildman–Crippen LogP) is 3.13. The molecule has 1 aliphatic heterocycles. The number of aliphatic hydroxyl groups is 1. The number of unbranched alkanes of at least 4 members (excludes halogenated alkanes) is 1. The van der Waals surface area contributed by atoms with Crippen molar-refractivity contribution in [2.45, 2.75) is 63.0 Å². The second-order valence-corrected chi connectivity index (χ2v) is 9.19. The lowest BCUT2D eigenvalue weighted by atomic mass is 9.99. The second kappa shape index (κ2) is 15.7. The first-order valence-corrected chi connectivity index (χ1v) is 12.7. The highest BCUT2D eigenvalue weighted by Gasteiger charge is 2.48. The molecule has 0 aromatic heterocycles. The zero-order chi connectivity index (χ0) is 25.6. The molecule has 1 aromatic rings. The van der Waals surface area contributed by atoms with Gasteiger partial charge in [0.1, 0.15) is 41.9 Å². The van der Waals surface area contributed by atoms with Crippen LogP contribution in [0.1, 0.15) is 33.1 Å². The highest BCUT2D eigenvalue weighted by molar-refractivity contribution is 7.99. The van der Waals surface area contributed by atoms with Crippen molar-refractivity contribution in [3.8, 4) is 11.5 Å².